The number of carbonyl (C=O) groups excluding carboxylic acids is 1. The van der Waals surface area contributed by atoms with Crippen LogP contribution in [0.3, 0.4) is 0 Å². The summed E-state index contributed by atoms with van der Waals surface area (Å²) in [6, 6.07) is 5.14. The molecule has 2 N–H and O–H groups in total. The standard InChI is InChI=1S/C19H17F3N2O5S/c1-30(28,29)16-6-5-10(20)7-13(16)12-3-2-4-14(17(12)22)23-18(25)15-8-11(21)9-24(15)19(26)27/h2-7,11,15H,8-9H2,1H3,(H,23,25)(H,26,27)/t11-,15+/m1/s1. The number of anilines is 1. The maximum Gasteiger partial charge on any atom is 0.408 e. The molecule has 0 spiro atoms. The van der Waals surface area contributed by atoms with E-state index < -0.39 is 52.2 Å². The highest BCUT2D eigenvalue weighted by atomic mass is 32.2. The van der Waals surface area contributed by atoms with E-state index in [1.165, 1.54) is 18.2 Å². The van der Waals surface area contributed by atoms with Crippen molar-refractivity contribution in [1.29, 1.82) is 0 Å². The second-order valence-electron chi connectivity index (χ2n) is 6.85. The molecule has 3 rings (SSSR count). The molecule has 2 amide bonds. The van der Waals surface area contributed by atoms with E-state index in [0.29, 0.717) is 4.90 Å². The minimum absolute atomic E-state index is 0.233. The summed E-state index contributed by atoms with van der Waals surface area (Å²) in [6.45, 7) is -0.475. The molecule has 2 atom stereocenters. The van der Waals surface area contributed by atoms with Crippen LogP contribution in [0.5, 0.6) is 0 Å². The van der Waals surface area contributed by atoms with Crippen LogP contribution in [0.1, 0.15) is 6.42 Å². The average molecular weight is 442 g/mol. The molecule has 1 heterocycles. The van der Waals surface area contributed by atoms with Gasteiger partial charge in [0.25, 0.3) is 0 Å². The van der Waals surface area contributed by atoms with Gasteiger partial charge in [-0.05, 0) is 24.3 Å². The van der Waals surface area contributed by atoms with Crippen molar-refractivity contribution in [3.63, 3.8) is 0 Å². The molecule has 0 aliphatic carbocycles. The molecule has 30 heavy (non-hydrogen) atoms. The van der Waals surface area contributed by atoms with Crippen molar-refractivity contribution in [2.45, 2.75) is 23.5 Å². The summed E-state index contributed by atoms with van der Waals surface area (Å²) in [5, 5.41) is 11.3. The number of sulfone groups is 1. The number of carboxylic acid groups (broad SMARTS) is 1. The first-order chi connectivity index (χ1) is 14.0. The van der Waals surface area contributed by atoms with E-state index in [1.54, 1.807) is 0 Å². The largest absolute Gasteiger partial charge is 0.465 e. The lowest BCUT2D eigenvalue weighted by atomic mass is 10.0. The second kappa shape index (κ2) is 7.98. The van der Waals surface area contributed by atoms with Crippen LogP contribution in [0.2, 0.25) is 0 Å². The SMILES string of the molecule is CS(=O)(=O)c1ccc(F)cc1-c1cccc(NC(=O)[C@@H]2C[C@@H](F)CN2C(=O)O)c1F. The third-order valence-electron chi connectivity index (χ3n) is 4.69. The number of hydrogen-bond acceptors (Lipinski definition) is 4. The Kier molecular flexibility index (Phi) is 5.75. The first kappa shape index (κ1) is 21.6. The zero-order chi connectivity index (χ0) is 22.2. The number of nitrogens with one attached hydrogen (secondary N) is 1. The number of halogens is 3. The van der Waals surface area contributed by atoms with Crippen LogP contribution in [-0.4, -0.2) is 55.4 Å². The van der Waals surface area contributed by atoms with Crippen molar-refractivity contribution in [2.24, 2.45) is 0 Å². The lowest BCUT2D eigenvalue weighted by Gasteiger charge is -2.20. The Labute approximate surface area is 170 Å². The molecule has 2 aromatic carbocycles. The first-order valence-electron chi connectivity index (χ1n) is 8.72. The fourth-order valence-electron chi connectivity index (χ4n) is 3.33. The van der Waals surface area contributed by atoms with E-state index >= 15 is 4.39 Å². The molecule has 7 nitrogen and oxygen atoms in total. The number of benzene rings is 2. The molecule has 0 unspecified atom stereocenters. The van der Waals surface area contributed by atoms with Gasteiger partial charge in [0.1, 0.15) is 18.0 Å². The number of rotatable bonds is 4. The smallest absolute Gasteiger partial charge is 0.408 e. The molecule has 1 saturated heterocycles. The molecular weight excluding hydrogens is 425 g/mol. The highest BCUT2D eigenvalue weighted by Crippen LogP contribution is 2.33. The van der Waals surface area contributed by atoms with Crippen LogP contribution >= 0.6 is 0 Å². The third-order valence-corrected chi connectivity index (χ3v) is 5.84. The molecule has 1 fully saturated rings. The highest BCUT2D eigenvalue weighted by Gasteiger charge is 2.40. The molecule has 1 aliphatic rings. The maximum absolute atomic E-state index is 15.1. The van der Waals surface area contributed by atoms with Crippen molar-refractivity contribution in [3.05, 3.63) is 48.0 Å². The number of hydrogen-bond donors (Lipinski definition) is 2. The molecule has 0 saturated carbocycles. The average Bonchev–Trinajstić information content (AvgIpc) is 3.04. The van der Waals surface area contributed by atoms with Gasteiger partial charge in [0.2, 0.25) is 5.91 Å². The van der Waals surface area contributed by atoms with Crippen LogP contribution in [0, 0.1) is 11.6 Å². The predicted octanol–water partition coefficient (Wildman–Crippen LogP) is 3.06. The third kappa shape index (κ3) is 4.25. The van der Waals surface area contributed by atoms with Gasteiger partial charge in [0.05, 0.1) is 17.1 Å². The molecule has 0 aromatic heterocycles. The lowest BCUT2D eigenvalue weighted by molar-refractivity contribution is -0.120. The summed E-state index contributed by atoms with van der Waals surface area (Å²) in [6.07, 6.45) is -2.50. The Bertz CT molecular complexity index is 1120. The van der Waals surface area contributed by atoms with Gasteiger partial charge in [-0.15, -0.1) is 0 Å². The first-order valence-corrected chi connectivity index (χ1v) is 10.6. The van der Waals surface area contributed by atoms with Crippen molar-refractivity contribution >= 4 is 27.5 Å². The molecule has 160 valence electrons. The summed E-state index contributed by atoms with van der Waals surface area (Å²) in [7, 11) is -3.82. The van der Waals surface area contributed by atoms with E-state index in [2.05, 4.69) is 5.32 Å². The lowest BCUT2D eigenvalue weighted by Crippen LogP contribution is -2.42. The van der Waals surface area contributed by atoms with E-state index in [4.69, 9.17) is 5.11 Å². The predicted molar refractivity (Wildman–Crippen MR) is 102 cm³/mol. The molecule has 1 aliphatic heterocycles. The van der Waals surface area contributed by atoms with Crippen LogP contribution in [0.15, 0.2) is 41.3 Å². The van der Waals surface area contributed by atoms with Gasteiger partial charge in [-0.3, -0.25) is 9.69 Å². The van der Waals surface area contributed by atoms with Gasteiger partial charge in [-0.1, -0.05) is 12.1 Å². The van der Waals surface area contributed by atoms with Crippen molar-refractivity contribution in [1.82, 2.24) is 4.90 Å². The van der Waals surface area contributed by atoms with Crippen LogP contribution < -0.4 is 5.32 Å². The highest BCUT2D eigenvalue weighted by molar-refractivity contribution is 7.90. The van der Waals surface area contributed by atoms with Gasteiger partial charge in [-0.25, -0.2) is 26.4 Å². The normalized spacial score (nSPS) is 19.0. The van der Waals surface area contributed by atoms with Crippen molar-refractivity contribution in [3.8, 4) is 11.1 Å². The summed E-state index contributed by atoms with van der Waals surface area (Å²) >= 11 is 0. The number of alkyl halides is 1. The number of nitrogens with zero attached hydrogens (tertiary/aromatic N) is 1. The molecule has 0 bridgehead atoms. The Morgan fingerprint density at radius 2 is 1.87 bits per heavy atom. The maximum atomic E-state index is 15.1. The Hall–Kier alpha value is -3.08. The fraction of sp³-hybridized carbons (Fsp3) is 0.263. The Morgan fingerprint density at radius 1 is 1.17 bits per heavy atom. The number of likely N-dealkylation sites (tertiary alicyclic amines) is 1. The van der Waals surface area contributed by atoms with E-state index in [1.807, 2.05) is 0 Å². The van der Waals surface area contributed by atoms with E-state index in [0.717, 1.165) is 24.5 Å². The summed E-state index contributed by atoms with van der Waals surface area (Å²) < 4.78 is 66.4. The van der Waals surface area contributed by atoms with Gasteiger partial charge in [0.15, 0.2) is 15.7 Å². The van der Waals surface area contributed by atoms with Gasteiger partial charge < -0.3 is 10.4 Å². The van der Waals surface area contributed by atoms with Gasteiger partial charge in [-0.2, -0.15) is 0 Å². The van der Waals surface area contributed by atoms with Crippen LogP contribution in [-0.2, 0) is 14.6 Å². The van der Waals surface area contributed by atoms with E-state index in [-0.39, 0.29) is 28.1 Å². The van der Waals surface area contributed by atoms with Gasteiger partial charge >= 0.3 is 6.09 Å². The van der Waals surface area contributed by atoms with Crippen LogP contribution in [0.25, 0.3) is 11.1 Å². The zero-order valence-corrected chi connectivity index (χ0v) is 16.4. The summed E-state index contributed by atoms with van der Waals surface area (Å²) in [5.74, 6) is -2.77. The molecular formula is C19H17F3N2O5S. The fourth-order valence-corrected chi connectivity index (χ4v) is 4.22. The topological polar surface area (TPSA) is 104 Å². The number of amides is 2. The minimum Gasteiger partial charge on any atom is -0.465 e. The summed E-state index contributed by atoms with van der Waals surface area (Å²) in [4.78, 5) is 24.0. The van der Waals surface area contributed by atoms with Crippen molar-refractivity contribution in [2.75, 3.05) is 18.1 Å². The zero-order valence-electron chi connectivity index (χ0n) is 15.6. The molecule has 11 heteroatoms. The van der Waals surface area contributed by atoms with Gasteiger partial charge in [0, 0.05) is 23.8 Å². The van der Waals surface area contributed by atoms with Crippen molar-refractivity contribution < 1.29 is 36.3 Å². The Morgan fingerprint density at radius 3 is 2.50 bits per heavy atom. The summed E-state index contributed by atoms with van der Waals surface area (Å²) in [5.41, 5.74) is -0.894. The Balaban J connectivity index is 1.98. The number of carbonyl (C=O) groups is 2. The van der Waals surface area contributed by atoms with Crippen LogP contribution in [0.4, 0.5) is 23.7 Å². The monoisotopic (exact) mass is 442 g/mol. The second-order valence-corrected chi connectivity index (χ2v) is 8.84. The minimum atomic E-state index is -3.82. The molecule has 0 radical (unpaired) electrons. The van der Waals surface area contributed by atoms with E-state index in [9.17, 15) is 26.8 Å². The quantitative estimate of drug-likeness (QED) is 0.709. The molecule has 2 aromatic rings.